The van der Waals surface area contributed by atoms with Crippen LogP contribution < -0.4 is 5.56 Å². The van der Waals surface area contributed by atoms with Gasteiger partial charge in [-0.25, -0.2) is 4.98 Å². The fourth-order valence-electron chi connectivity index (χ4n) is 3.44. The lowest BCUT2D eigenvalue weighted by Gasteiger charge is -2.27. The highest BCUT2D eigenvalue weighted by Gasteiger charge is 2.21. The topological polar surface area (TPSA) is 49.0 Å². The van der Waals surface area contributed by atoms with Gasteiger partial charge < -0.3 is 4.98 Å². The van der Waals surface area contributed by atoms with Gasteiger partial charge in [0.15, 0.2) is 0 Å². The Morgan fingerprint density at radius 1 is 1.19 bits per heavy atom. The first-order valence-electron chi connectivity index (χ1n) is 8.74. The molecule has 0 radical (unpaired) electrons. The van der Waals surface area contributed by atoms with Crippen LogP contribution in [0.3, 0.4) is 0 Å². The zero-order valence-corrected chi connectivity index (χ0v) is 15.4. The summed E-state index contributed by atoms with van der Waals surface area (Å²) in [6.07, 6.45) is 0.727. The van der Waals surface area contributed by atoms with Crippen molar-refractivity contribution in [1.82, 2.24) is 14.9 Å². The third kappa shape index (κ3) is 3.57. The van der Waals surface area contributed by atoms with E-state index >= 15 is 0 Å². The van der Waals surface area contributed by atoms with Gasteiger partial charge in [0.25, 0.3) is 5.56 Å². The molecule has 0 amide bonds. The Balaban J connectivity index is 1.61. The Hall–Kier alpha value is -2.43. The average molecular weight is 366 g/mol. The number of hydrogen-bond acceptors (Lipinski definition) is 3. The maximum Gasteiger partial charge on any atom is 0.254 e. The number of nitrogens with zero attached hydrogens (tertiary/aromatic N) is 2. The molecular formula is C21H20ClN3O. The van der Waals surface area contributed by atoms with Crippen LogP contribution in [0.25, 0.3) is 11.4 Å². The van der Waals surface area contributed by atoms with Crippen LogP contribution in [0.1, 0.15) is 22.4 Å². The van der Waals surface area contributed by atoms with Crippen molar-refractivity contribution in [1.29, 1.82) is 0 Å². The molecule has 1 aliphatic rings. The average Bonchev–Trinajstić information content (AvgIpc) is 2.62. The molecule has 5 heteroatoms. The van der Waals surface area contributed by atoms with Gasteiger partial charge in [0, 0.05) is 35.8 Å². The first kappa shape index (κ1) is 17.0. The highest BCUT2D eigenvalue weighted by atomic mass is 35.5. The summed E-state index contributed by atoms with van der Waals surface area (Å²) in [6.45, 7) is 4.53. The highest BCUT2D eigenvalue weighted by Crippen LogP contribution is 2.21. The predicted octanol–water partition coefficient (Wildman–Crippen LogP) is 3.96. The van der Waals surface area contributed by atoms with Crippen LogP contribution in [0.5, 0.6) is 0 Å². The van der Waals surface area contributed by atoms with Crippen molar-refractivity contribution in [2.75, 3.05) is 6.54 Å². The lowest BCUT2D eigenvalue weighted by molar-refractivity contribution is 0.240. The van der Waals surface area contributed by atoms with Gasteiger partial charge in [0.2, 0.25) is 0 Å². The number of halogens is 1. The maximum atomic E-state index is 12.5. The third-order valence-corrected chi connectivity index (χ3v) is 5.01. The maximum absolute atomic E-state index is 12.5. The third-order valence-electron chi connectivity index (χ3n) is 4.76. The Bertz CT molecular complexity index is 995. The highest BCUT2D eigenvalue weighted by molar-refractivity contribution is 6.30. The summed E-state index contributed by atoms with van der Waals surface area (Å²) in [5.74, 6) is 0.600. The minimum atomic E-state index is -0.0323. The summed E-state index contributed by atoms with van der Waals surface area (Å²) in [7, 11) is 0. The van der Waals surface area contributed by atoms with E-state index in [0.717, 1.165) is 36.3 Å². The molecule has 1 aliphatic heterocycles. The van der Waals surface area contributed by atoms with Crippen LogP contribution in [0.2, 0.25) is 5.02 Å². The SMILES string of the molecule is Cc1cccc(CN2CCc3c(nc(-c4ccc(Cl)cc4)[nH]c3=O)C2)c1. The quantitative estimate of drug-likeness (QED) is 0.764. The van der Waals surface area contributed by atoms with E-state index < -0.39 is 0 Å². The Morgan fingerprint density at radius 2 is 2.00 bits per heavy atom. The smallest absolute Gasteiger partial charge is 0.254 e. The van der Waals surface area contributed by atoms with E-state index in [1.54, 1.807) is 12.1 Å². The monoisotopic (exact) mass is 365 g/mol. The summed E-state index contributed by atoms with van der Waals surface area (Å²) in [5.41, 5.74) is 5.07. The summed E-state index contributed by atoms with van der Waals surface area (Å²) in [5, 5.41) is 0.665. The fourth-order valence-corrected chi connectivity index (χ4v) is 3.57. The summed E-state index contributed by atoms with van der Waals surface area (Å²) in [4.78, 5) is 22.5. The number of rotatable bonds is 3. The van der Waals surface area contributed by atoms with Crippen LogP contribution in [-0.2, 0) is 19.5 Å². The second-order valence-electron chi connectivity index (χ2n) is 6.80. The van der Waals surface area contributed by atoms with Crippen molar-refractivity contribution < 1.29 is 0 Å². The number of H-pyrrole nitrogens is 1. The molecule has 1 aromatic heterocycles. The van der Waals surface area contributed by atoms with E-state index in [1.165, 1.54) is 11.1 Å². The minimum Gasteiger partial charge on any atom is -0.306 e. The van der Waals surface area contributed by atoms with Gasteiger partial charge in [-0.15, -0.1) is 0 Å². The van der Waals surface area contributed by atoms with Crippen LogP contribution >= 0.6 is 11.6 Å². The van der Waals surface area contributed by atoms with Crippen molar-refractivity contribution in [3.8, 4) is 11.4 Å². The molecule has 0 aliphatic carbocycles. The van der Waals surface area contributed by atoms with E-state index in [1.807, 2.05) is 12.1 Å². The summed E-state index contributed by atoms with van der Waals surface area (Å²) in [6, 6.07) is 15.9. The lowest BCUT2D eigenvalue weighted by Crippen LogP contribution is -2.35. The number of benzene rings is 2. The molecule has 0 atom stereocenters. The fraction of sp³-hybridized carbons (Fsp3) is 0.238. The number of aryl methyl sites for hydroxylation is 1. The van der Waals surface area contributed by atoms with Crippen LogP contribution in [0.4, 0.5) is 0 Å². The number of aromatic nitrogens is 2. The van der Waals surface area contributed by atoms with Crippen molar-refractivity contribution in [2.45, 2.75) is 26.4 Å². The van der Waals surface area contributed by atoms with Gasteiger partial charge in [-0.1, -0.05) is 41.4 Å². The zero-order valence-electron chi connectivity index (χ0n) is 14.6. The van der Waals surface area contributed by atoms with E-state index in [-0.39, 0.29) is 5.56 Å². The first-order valence-corrected chi connectivity index (χ1v) is 9.12. The predicted molar refractivity (Wildman–Crippen MR) is 104 cm³/mol. The van der Waals surface area contributed by atoms with Crippen molar-refractivity contribution in [3.05, 3.63) is 86.3 Å². The lowest BCUT2D eigenvalue weighted by atomic mass is 10.0. The van der Waals surface area contributed by atoms with Crippen molar-refractivity contribution >= 4 is 11.6 Å². The van der Waals surface area contributed by atoms with E-state index in [0.29, 0.717) is 17.4 Å². The standard InChI is InChI=1S/C21H20ClN3O/c1-14-3-2-4-15(11-14)12-25-10-9-18-19(13-25)23-20(24-21(18)26)16-5-7-17(22)8-6-16/h2-8,11H,9-10,12-13H2,1H3,(H,23,24,26). The Morgan fingerprint density at radius 3 is 2.77 bits per heavy atom. The molecule has 4 rings (SSSR count). The van der Waals surface area contributed by atoms with E-state index in [4.69, 9.17) is 16.6 Å². The summed E-state index contributed by atoms with van der Waals surface area (Å²) >= 11 is 5.95. The molecule has 0 saturated carbocycles. The molecule has 2 aromatic carbocycles. The molecule has 26 heavy (non-hydrogen) atoms. The van der Waals surface area contributed by atoms with Gasteiger partial charge >= 0.3 is 0 Å². The second-order valence-corrected chi connectivity index (χ2v) is 7.23. The molecular weight excluding hydrogens is 346 g/mol. The number of fused-ring (bicyclic) bond motifs is 1. The molecule has 1 N–H and O–H groups in total. The molecule has 0 saturated heterocycles. The summed E-state index contributed by atoms with van der Waals surface area (Å²) < 4.78 is 0. The molecule has 0 fully saturated rings. The Kier molecular flexibility index (Phi) is 4.62. The molecule has 3 aromatic rings. The van der Waals surface area contributed by atoms with Gasteiger partial charge in [-0.3, -0.25) is 9.69 Å². The van der Waals surface area contributed by atoms with Gasteiger partial charge in [-0.2, -0.15) is 0 Å². The Labute approximate surface area is 157 Å². The van der Waals surface area contributed by atoms with Crippen molar-refractivity contribution in [2.24, 2.45) is 0 Å². The zero-order chi connectivity index (χ0) is 18.1. The number of aromatic amines is 1. The minimum absolute atomic E-state index is 0.0323. The van der Waals surface area contributed by atoms with Gasteiger partial charge in [0.1, 0.15) is 5.82 Å². The largest absolute Gasteiger partial charge is 0.306 e. The van der Waals surface area contributed by atoms with Gasteiger partial charge in [0.05, 0.1) is 5.69 Å². The first-order chi connectivity index (χ1) is 12.6. The van der Waals surface area contributed by atoms with Crippen LogP contribution in [-0.4, -0.2) is 21.4 Å². The number of nitrogens with one attached hydrogen (secondary N) is 1. The van der Waals surface area contributed by atoms with E-state index in [9.17, 15) is 4.79 Å². The van der Waals surface area contributed by atoms with Crippen LogP contribution in [0.15, 0.2) is 53.3 Å². The number of hydrogen-bond donors (Lipinski definition) is 1. The normalized spacial score (nSPS) is 14.2. The molecule has 0 spiro atoms. The molecule has 2 heterocycles. The van der Waals surface area contributed by atoms with E-state index in [2.05, 4.69) is 41.1 Å². The van der Waals surface area contributed by atoms with Gasteiger partial charge in [-0.05, 0) is 43.2 Å². The molecule has 0 unspecified atom stereocenters. The van der Waals surface area contributed by atoms with Crippen LogP contribution in [0, 0.1) is 6.92 Å². The molecule has 0 bridgehead atoms. The van der Waals surface area contributed by atoms with Crippen molar-refractivity contribution in [3.63, 3.8) is 0 Å². The second kappa shape index (κ2) is 7.06. The molecule has 4 nitrogen and oxygen atoms in total. The molecule has 132 valence electrons.